The average Bonchev–Trinajstić information content (AvgIpc) is 2.64. The smallest absolute Gasteiger partial charge is 0.149 e. The van der Waals surface area contributed by atoms with Crippen molar-refractivity contribution in [1.29, 1.82) is 0 Å². The molecule has 17 heavy (non-hydrogen) atoms. The second-order valence-corrected chi connectivity index (χ2v) is 4.51. The van der Waals surface area contributed by atoms with Crippen LogP contribution in [-0.4, -0.2) is 15.8 Å². The lowest BCUT2D eigenvalue weighted by molar-refractivity contribution is 0.606. The standard InChI is InChI=1S/C12H13ClFN3/c1-8(15)4-9-2-3-12(11(14)5-9)17-7-10(13)6-16-17/h2-3,5-8H,4,15H2,1H3. The van der Waals surface area contributed by atoms with E-state index in [2.05, 4.69) is 5.10 Å². The minimum absolute atomic E-state index is 0.0133. The Kier molecular flexibility index (Phi) is 3.45. The summed E-state index contributed by atoms with van der Waals surface area (Å²) in [4.78, 5) is 0. The van der Waals surface area contributed by atoms with Crippen molar-refractivity contribution in [2.45, 2.75) is 19.4 Å². The van der Waals surface area contributed by atoms with Gasteiger partial charge in [0.25, 0.3) is 0 Å². The molecule has 1 unspecified atom stereocenters. The SMILES string of the molecule is CC(N)Cc1ccc(-n2cc(Cl)cn2)c(F)c1. The molecular formula is C12H13ClFN3. The normalized spacial score (nSPS) is 12.7. The van der Waals surface area contributed by atoms with E-state index in [-0.39, 0.29) is 11.9 Å². The molecule has 1 heterocycles. The summed E-state index contributed by atoms with van der Waals surface area (Å²) in [5.41, 5.74) is 6.92. The van der Waals surface area contributed by atoms with Crippen molar-refractivity contribution in [3.8, 4) is 5.69 Å². The molecule has 0 bridgehead atoms. The molecule has 2 aromatic rings. The summed E-state index contributed by atoms with van der Waals surface area (Å²) in [5.74, 6) is -0.331. The maximum Gasteiger partial charge on any atom is 0.149 e. The van der Waals surface area contributed by atoms with Crippen molar-refractivity contribution < 1.29 is 4.39 Å². The van der Waals surface area contributed by atoms with E-state index in [1.807, 2.05) is 13.0 Å². The second-order valence-electron chi connectivity index (χ2n) is 4.07. The quantitative estimate of drug-likeness (QED) is 0.914. The Morgan fingerprint density at radius 3 is 2.82 bits per heavy atom. The summed E-state index contributed by atoms with van der Waals surface area (Å²) in [5, 5.41) is 4.43. The molecule has 0 saturated heterocycles. The number of aromatic nitrogens is 2. The van der Waals surface area contributed by atoms with E-state index in [1.165, 1.54) is 16.9 Å². The van der Waals surface area contributed by atoms with Crippen molar-refractivity contribution in [3.05, 3.63) is 47.0 Å². The number of benzene rings is 1. The summed E-state index contributed by atoms with van der Waals surface area (Å²) < 4.78 is 15.3. The van der Waals surface area contributed by atoms with Crippen molar-refractivity contribution >= 4 is 11.6 Å². The molecule has 0 radical (unpaired) electrons. The van der Waals surface area contributed by atoms with Crippen LogP contribution in [-0.2, 0) is 6.42 Å². The lowest BCUT2D eigenvalue weighted by Crippen LogP contribution is -2.17. The monoisotopic (exact) mass is 253 g/mol. The first kappa shape index (κ1) is 12.1. The Labute approximate surface area is 104 Å². The fraction of sp³-hybridized carbons (Fsp3) is 0.250. The third-order valence-electron chi connectivity index (χ3n) is 2.37. The first-order valence-corrected chi connectivity index (χ1v) is 5.68. The Hall–Kier alpha value is -1.39. The van der Waals surface area contributed by atoms with E-state index in [4.69, 9.17) is 17.3 Å². The van der Waals surface area contributed by atoms with Crippen LogP contribution in [0.2, 0.25) is 5.02 Å². The van der Waals surface area contributed by atoms with E-state index in [0.29, 0.717) is 17.1 Å². The molecule has 90 valence electrons. The van der Waals surface area contributed by atoms with Gasteiger partial charge in [-0.15, -0.1) is 0 Å². The maximum absolute atomic E-state index is 13.9. The highest BCUT2D eigenvalue weighted by Gasteiger charge is 2.08. The Balaban J connectivity index is 2.31. The van der Waals surface area contributed by atoms with Crippen LogP contribution < -0.4 is 5.73 Å². The summed E-state index contributed by atoms with van der Waals surface area (Å²) in [6.07, 6.45) is 3.68. The zero-order valence-electron chi connectivity index (χ0n) is 9.40. The van der Waals surface area contributed by atoms with Crippen LogP contribution in [0.15, 0.2) is 30.6 Å². The molecule has 2 N–H and O–H groups in total. The van der Waals surface area contributed by atoms with E-state index in [1.54, 1.807) is 12.3 Å². The fourth-order valence-electron chi connectivity index (χ4n) is 1.67. The molecular weight excluding hydrogens is 241 g/mol. The highest BCUT2D eigenvalue weighted by molar-refractivity contribution is 6.30. The highest BCUT2D eigenvalue weighted by atomic mass is 35.5. The van der Waals surface area contributed by atoms with Gasteiger partial charge in [-0.3, -0.25) is 0 Å². The molecule has 5 heteroatoms. The minimum Gasteiger partial charge on any atom is -0.328 e. The van der Waals surface area contributed by atoms with Crippen LogP contribution in [0, 0.1) is 5.82 Å². The molecule has 0 aliphatic carbocycles. The van der Waals surface area contributed by atoms with Gasteiger partial charge in [0.05, 0.1) is 11.2 Å². The van der Waals surface area contributed by atoms with Gasteiger partial charge in [-0.1, -0.05) is 17.7 Å². The molecule has 1 atom stereocenters. The largest absolute Gasteiger partial charge is 0.328 e. The number of nitrogens with zero attached hydrogens (tertiary/aromatic N) is 2. The van der Waals surface area contributed by atoms with Gasteiger partial charge in [0.1, 0.15) is 11.5 Å². The number of halogens is 2. The molecule has 0 amide bonds. The third kappa shape index (κ3) is 2.84. The summed E-state index contributed by atoms with van der Waals surface area (Å²) in [7, 11) is 0. The van der Waals surface area contributed by atoms with Gasteiger partial charge in [-0.25, -0.2) is 9.07 Å². The maximum atomic E-state index is 13.9. The third-order valence-corrected chi connectivity index (χ3v) is 2.56. The summed E-state index contributed by atoms with van der Waals surface area (Å²) >= 11 is 5.74. The van der Waals surface area contributed by atoms with Crippen LogP contribution in [0.25, 0.3) is 5.69 Å². The number of hydrogen-bond donors (Lipinski definition) is 1. The van der Waals surface area contributed by atoms with Gasteiger partial charge in [0.2, 0.25) is 0 Å². The van der Waals surface area contributed by atoms with Crippen molar-refractivity contribution in [2.24, 2.45) is 5.73 Å². The molecule has 0 fully saturated rings. The van der Waals surface area contributed by atoms with E-state index < -0.39 is 0 Å². The van der Waals surface area contributed by atoms with Gasteiger partial charge >= 0.3 is 0 Å². The van der Waals surface area contributed by atoms with Gasteiger partial charge in [0.15, 0.2) is 0 Å². The summed E-state index contributed by atoms with van der Waals surface area (Å²) in [6.45, 7) is 1.89. The van der Waals surface area contributed by atoms with Gasteiger partial charge in [0, 0.05) is 12.2 Å². The Bertz CT molecular complexity index is 522. The zero-order chi connectivity index (χ0) is 12.4. The molecule has 0 saturated carbocycles. The van der Waals surface area contributed by atoms with E-state index >= 15 is 0 Å². The molecule has 1 aromatic carbocycles. The van der Waals surface area contributed by atoms with Crippen LogP contribution in [0.1, 0.15) is 12.5 Å². The summed E-state index contributed by atoms with van der Waals surface area (Å²) in [6, 6.07) is 5.02. The van der Waals surface area contributed by atoms with Crippen LogP contribution >= 0.6 is 11.6 Å². The topological polar surface area (TPSA) is 43.8 Å². The average molecular weight is 254 g/mol. The van der Waals surface area contributed by atoms with Crippen LogP contribution in [0.4, 0.5) is 4.39 Å². The predicted molar refractivity (Wildman–Crippen MR) is 65.9 cm³/mol. The van der Waals surface area contributed by atoms with Crippen molar-refractivity contribution in [1.82, 2.24) is 9.78 Å². The number of nitrogens with two attached hydrogens (primary N) is 1. The number of rotatable bonds is 3. The lowest BCUT2D eigenvalue weighted by atomic mass is 10.1. The Morgan fingerprint density at radius 1 is 1.53 bits per heavy atom. The van der Waals surface area contributed by atoms with Gasteiger partial charge < -0.3 is 5.73 Å². The fourth-order valence-corrected chi connectivity index (χ4v) is 1.80. The molecule has 1 aromatic heterocycles. The van der Waals surface area contributed by atoms with Gasteiger partial charge in [-0.05, 0) is 31.0 Å². The van der Waals surface area contributed by atoms with E-state index in [0.717, 1.165) is 5.56 Å². The molecule has 2 rings (SSSR count). The van der Waals surface area contributed by atoms with Crippen LogP contribution in [0.5, 0.6) is 0 Å². The number of hydrogen-bond acceptors (Lipinski definition) is 2. The minimum atomic E-state index is -0.331. The van der Waals surface area contributed by atoms with Crippen LogP contribution in [0.3, 0.4) is 0 Å². The molecule has 0 aliphatic rings. The zero-order valence-corrected chi connectivity index (χ0v) is 10.2. The second kappa shape index (κ2) is 4.85. The Morgan fingerprint density at radius 2 is 2.29 bits per heavy atom. The first-order chi connectivity index (χ1) is 8.06. The van der Waals surface area contributed by atoms with E-state index in [9.17, 15) is 4.39 Å². The first-order valence-electron chi connectivity index (χ1n) is 5.31. The van der Waals surface area contributed by atoms with Gasteiger partial charge in [-0.2, -0.15) is 5.10 Å². The highest BCUT2D eigenvalue weighted by Crippen LogP contribution is 2.17. The molecule has 3 nitrogen and oxygen atoms in total. The van der Waals surface area contributed by atoms with Crippen molar-refractivity contribution in [3.63, 3.8) is 0 Å². The lowest BCUT2D eigenvalue weighted by Gasteiger charge is -2.08. The van der Waals surface area contributed by atoms with Crippen molar-refractivity contribution in [2.75, 3.05) is 0 Å². The molecule has 0 aliphatic heterocycles. The predicted octanol–water partition coefficient (Wildman–Crippen LogP) is 2.55. The molecule has 0 spiro atoms.